The maximum absolute atomic E-state index is 13.6. The zero-order valence-corrected chi connectivity index (χ0v) is 26.2. The molecule has 1 saturated heterocycles. The molecule has 3 aromatic rings. The predicted octanol–water partition coefficient (Wildman–Crippen LogP) is 4.21. The van der Waals surface area contributed by atoms with Crippen LogP contribution in [0.5, 0.6) is 0 Å². The Kier molecular flexibility index (Phi) is 10.3. The zero-order valence-electron chi connectivity index (χ0n) is 25.4. The summed E-state index contributed by atoms with van der Waals surface area (Å²) in [5, 5.41) is 17.0. The van der Waals surface area contributed by atoms with Gasteiger partial charge in [-0.1, -0.05) is 44.2 Å². The van der Waals surface area contributed by atoms with Crippen molar-refractivity contribution in [2.75, 3.05) is 13.1 Å². The summed E-state index contributed by atoms with van der Waals surface area (Å²) >= 11 is 0. The van der Waals surface area contributed by atoms with Crippen LogP contribution >= 0.6 is 0 Å². The molecule has 0 spiro atoms. The van der Waals surface area contributed by atoms with Crippen molar-refractivity contribution >= 4 is 27.6 Å². The van der Waals surface area contributed by atoms with Crippen LogP contribution in [0.25, 0.3) is 11.3 Å². The zero-order chi connectivity index (χ0) is 33.8. The number of ketones is 1. The number of carbonyl (C=O) groups excluding carboxylic acids is 3. The molecule has 2 fully saturated rings. The summed E-state index contributed by atoms with van der Waals surface area (Å²) in [6.45, 7) is -0.586. The van der Waals surface area contributed by atoms with Gasteiger partial charge in [-0.15, -0.1) is 0 Å². The molecule has 2 aliphatic rings. The molecule has 47 heavy (non-hydrogen) atoms. The smallest absolute Gasteiger partial charge is 0.416 e. The van der Waals surface area contributed by atoms with Crippen LogP contribution in [0.4, 0.5) is 13.2 Å². The number of hydrogen-bond acceptors (Lipinski definition) is 7. The molecule has 252 valence electrons. The van der Waals surface area contributed by atoms with E-state index in [1.54, 1.807) is 0 Å². The van der Waals surface area contributed by atoms with Crippen molar-refractivity contribution in [2.24, 2.45) is 5.92 Å². The number of nitrogens with one attached hydrogen (secondary N) is 2. The van der Waals surface area contributed by atoms with Gasteiger partial charge >= 0.3 is 21.2 Å². The summed E-state index contributed by atoms with van der Waals surface area (Å²) in [4.78, 5) is 40.1. The average molecular weight is 677 g/mol. The number of aromatic nitrogens is 1. The van der Waals surface area contributed by atoms with Crippen molar-refractivity contribution in [1.29, 1.82) is 0 Å². The van der Waals surface area contributed by atoms with Crippen molar-refractivity contribution in [1.82, 2.24) is 14.9 Å². The highest BCUT2D eigenvalue weighted by Crippen LogP contribution is 2.33. The number of halogens is 3. The van der Waals surface area contributed by atoms with Crippen LogP contribution in [0.1, 0.15) is 67.5 Å². The van der Waals surface area contributed by atoms with Gasteiger partial charge in [0.15, 0.2) is 17.7 Å². The van der Waals surface area contributed by atoms with E-state index >= 15 is 0 Å². The number of amides is 2. The van der Waals surface area contributed by atoms with Gasteiger partial charge in [-0.2, -0.15) is 22.2 Å². The first-order valence-electron chi connectivity index (χ1n) is 15.4. The van der Waals surface area contributed by atoms with Gasteiger partial charge in [-0.3, -0.25) is 14.4 Å². The molecule has 2 atom stereocenters. The fraction of sp³-hybridized carbons (Fsp3) is 0.438. The van der Waals surface area contributed by atoms with Crippen LogP contribution in [-0.2, 0) is 25.8 Å². The Morgan fingerprint density at radius 1 is 1.02 bits per heavy atom. The molecule has 1 aromatic carbocycles. The molecule has 0 radical (unpaired) electrons. The number of sulfonamides is 1. The lowest BCUT2D eigenvalue weighted by molar-refractivity contribution is -0.646. The molecule has 5 rings (SSSR count). The summed E-state index contributed by atoms with van der Waals surface area (Å²) in [7, 11) is -4.28. The van der Waals surface area contributed by atoms with Crippen LogP contribution in [-0.4, -0.2) is 55.5 Å². The van der Waals surface area contributed by atoms with Crippen LogP contribution in [0, 0.1) is 11.1 Å². The number of hydrogen-bond donors (Lipinski definition) is 2. The molecule has 1 aliphatic heterocycles. The number of pyridine rings is 1. The van der Waals surface area contributed by atoms with Gasteiger partial charge in [0.2, 0.25) is 5.91 Å². The molecule has 3 heterocycles. The van der Waals surface area contributed by atoms with E-state index in [0.29, 0.717) is 0 Å². The summed E-state index contributed by atoms with van der Waals surface area (Å²) in [5.41, 5.74) is -0.750. The summed E-state index contributed by atoms with van der Waals surface area (Å²) in [6.07, 6.45) is 1.87. The number of Topliss-reactive ketones (excluding diaryl/α,β-unsaturated/α-hetero) is 1. The molecule has 2 aromatic heterocycles. The highest BCUT2D eigenvalue weighted by atomic mass is 32.2. The van der Waals surface area contributed by atoms with Crippen molar-refractivity contribution in [2.45, 2.75) is 74.7 Å². The average Bonchev–Trinajstić information content (AvgIpc) is 3.47. The monoisotopic (exact) mass is 676 g/mol. The van der Waals surface area contributed by atoms with Gasteiger partial charge in [0, 0.05) is 24.2 Å². The molecule has 1 aliphatic carbocycles. The molecule has 2 amide bonds. The lowest BCUT2D eigenvalue weighted by Crippen LogP contribution is -2.53. The maximum Gasteiger partial charge on any atom is 0.416 e. The molecule has 1 saturated carbocycles. The number of furan rings is 1. The number of benzene rings is 1. The largest absolute Gasteiger partial charge is 0.618 e. The van der Waals surface area contributed by atoms with Crippen molar-refractivity contribution < 1.29 is 45.1 Å². The Bertz CT molecular complexity index is 1720. The molecule has 11 nitrogen and oxygen atoms in total. The Hall–Kier alpha value is -4.24. The van der Waals surface area contributed by atoms with E-state index in [2.05, 4.69) is 10.6 Å². The lowest BCUT2D eigenvalue weighted by Gasteiger charge is -2.27. The molecule has 0 unspecified atom stereocenters. The fourth-order valence-corrected chi connectivity index (χ4v) is 7.52. The Morgan fingerprint density at radius 2 is 1.79 bits per heavy atom. The van der Waals surface area contributed by atoms with E-state index in [-0.39, 0.29) is 53.5 Å². The third-order valence-corrected chi connectivity index (χ3v) is 10.4. The van der Waals surface area contributed by atoms with Gasteiger partial charge in [-0.25, -0.2) is 8.42 Å². The minimum atomic E-state index is -4.56. The van der Waals surface area contributed by atoms with Gasteiger partial charge in [0.25, 0.3) is 5.91 Å². The van der Waals surface area contributed by atoms with E-state index in [1.807, 2.05) is 0 Å². The number of alkyl halides is 3. The Morgan fingerprint density at radius 3 is 2.51 bits per heavy atom. The van der Waals surface area contributed by atoms with Crippen molar-refractivity contribution in [3.8, 4) is 11.3 Å². The second-order valence-corrected chi connectivity index (χ2v) is 13.8. The van der Waals surface area contributed by atoms with E-state index in [0.717, 1.165) is 60.8 Å². The SMILES string of the molecule is O=C(N[C@@H](CC1CCCCC1)C(=O)N[C@H]1CCCN(S(=O)(=O)c2cccc[n+]2[O-])CC1=O)c1ccc(-c2cccc(C(F)(F)F)c2)o1. The van der Waals surface area contributed by atoms with Crippen LogP contribution < -0.4 is 15.4 Å². The van der Waals surface area contributed by atoms with E-state index in [1.165, 1.54) is 36.4 Å². The van der Waals surface area contributed by atoms with Gasteiger partial charge in [-0.05, 0) is 55.5 Å². The van der Waals surface area contributed by atoms with Gasteiger partial charge < -0.3 is 20.3 Å². The molecule has 0 bridgehead atoms. The maximum atomic E-state index is 13.6. The Balaban J connectivity index is 1.29. The standard InChI is InChI=1S/C32H35F3N4O7S/c33-32(34,35)23-11-6-10-22(19-23)27-14-15-28(46-27)31(42)37-25(18-21-8-2-1-3-9-21)30(41)36-24-12-7-16-38(20-26(24)40)47(44,45)29-13-4-5-17-39(29)43/h4-6,10-11,13-15,17,19,21,24-25H,1-3,7-9,12,16,18,20H2,(H,36,41)(H,37,42)/t24-,25-/m0/s1. The van der Waals surface area contributed by atoms with Crippen LogP contribution in [0.2, 0.25) is 0 Å². The van der Waals surface area contributed by atoms with Gasteiger partial charge in [0.05, 0.1) is 18.2 Å². The first kappa shape index (κ1) is 34.1. The summed E-state index contributed by atoms with van der Waals surface area (Å²) in [6, 6.07) is 9.01. The van der Waals surface area contributed by atoms with E-state index in [9.17, 15) is 41.2 Å². The van der Waals surface area contributed by atoms with Crippen LogP contribution in [0.15, 0.2) is 70.2 Å². The quantitative estimate of drug-likeness (QED) is 0.255. The fourth-order valence-electron chi connectivity index (χ4n) is 6.05. The number of nitrogens with zero attached hydrogens (tertiary/aromatic N) is 2. The minimum absolute atomic E-state index is 0.0374. The second kappa shape index (κ2) is 14.3. The normalized spacial score (nSPS) is 19.1. The number of carbonyl (C=O) groups is 3. The predicted molar refractivity (Wildman–Crippen MR) is 162 cm³/mol. The van der Waals surface area contributed by atoms with E-state index in [4.69, 9.17) is 4.42 Å². The first-order chi connectivity index (χ1) is 22.3. The van der Waals surface area contributed by atoms with Crippen molar-refractivity contribution in [3.63, 3.8) is 0 Å². The third-order valence-electron chi connectivity index (χ3n) is 8.55. The molecule has 15 heteroatoms. The highest BCUT2D eigenvalue weighted by Gasteiger charge is 2.38. The first-order valence-corrected chi connectivity index (χ1v) is 16.9. The Labute approximate surface area is 269 Å². The minimum Gasteiger partial charge on any atom is -0.618 e. The lowest BCUT2D eigenvalue weighted by atomic mass is 9.84. The van der Waals surface area contributed by atoms with E-state index < -0.39 is 63.0 Å². The molecular formula is C32H35F3N4O7S. The summed E-state index contributed by atoms with van der Waals surface area (Å²) < 4.78 is 72.6. The van der Waals surface area contributed by atoms with Gasteiger partial charge in [0.1, 0.15) is 11.8 Å². The second-order valence-electron chi connectivity index (χ2n) is 11.9. The topological polar surface area (TPSA) is 153 Å². The summed E-state index contributed by atoms with van der Waals surface area (Å²) in [5.74, 6) is -1.97. The van der Waals surface area contributed by atoms with Crippen LogP contribution in [0.3, 0.4) is 0 Å². The molecular weight excluding hydrogens is 641 g/mol. The van der Waals surface area contributed by atoms with Crippen molar-refractivity contribution in [3.05, 3.63) is 77.3 Å². The highest BCUT2D eigenvalue weighted by molar-refractivity contribution is 7.89. The molecule has 2 N–H and O–H groups in total. The third kappa shape index (κ3) is 8.19. The number of rotatable bonds is 9.